The number of ether oxygens (including phenoxy) is 1. The first-order valence-corrected chi connectivity index (χ1v) is 12.5. The summed E-state index contributed by atoms with van der Waals surface area (Å²) in [6.07, 6.45) is 7.38. The Morgan fingerprint density at radius 2 is 1.88 bits per heavy atom. The molecule has 5 heteroatoms. The molecule has 1 fully saturated rings. The van der Waals surface area contributed by atoms with Crippen LogP contribution in [0.25, 0.3) is 21.8 Å². The largest absolute Gasteiger partial charge is 0.490 e. The lowest BCUT2D eigenvalue weighted by Crippen LogP contribution is -2.40. The molecule has 3 aromatic rings. The number of hydrogen-bond donors (Lipinski definition) is 3. The van der Waals surface area contributed by atoms with Crippen LogP contribution in [0.4, 0.5) is 0 Å². The Morgan fingerprint density at radius 1 is 1.06 bits per heavy atom. The summed E-state index contributed by atoms with van der Waals surface area (Å²) in [4.78, 5) is 6.06. The van der Waals surface area contributed by atoms with E-state index < -0.39 is 6.10 Å². The number of aliphatic hydroxyl groups excluding tert-OH is 1. The van der Waals surface area contributed by atoms with E-state index in [-0.39, 0.29) is 0 Å². The summed E-state index contributed by atoms with van der Waals surface area (Å²) in [5.41, 5.74) is 2.17. The highest BCUT2D eigenvalue weighted by molar-refractivity contribution is 6.10. The third kappa shape index (κ3) is 6.03. The summed E-state index contributed by atoms with van der Waals surface area (Å²) in [6, 6.07) is 14.3. The lowest BCUT2D eigenvalue weighted by Gasteiger charge is -2.32. The van der Waals surface area contributed by atoms with Crippen molar-refractivity contribution in [3.8, 4) is 5.75 Å². The van der Waals surface area contributed by atoms with Crippen molar-refractivity contribution in [3.63, 3.8) is 0 Å². The maximum Gasteiger partial charge on any atom is 0.129 e. The van der Waals surface area contributed by atoms with Crippen LogP contribution in [-0.2, 0) is 0 Å². The van der Waals surface area contributed by atoms with Crippen molar-refractivity contribution in [2.45, 2.75) is 51.6 Å². The number of unbranched alkanes of at least 4 members (excludes halogenated alkanes) is 3. The molecule has 0 spiro atoms. The summed E-state index contributed by atoms with van der Waals surface area (Å²) in [6.45, 7) is 7.82. The van der Waals surface area contributed by atoms with Crippen molar-refractivity contribution in [1.82, 2.24) is 15.2 Å². The van der Waals surface area contributed by atoms with Crippen LogP contribution in [0, 0.1) is 5.92 Å². The molecule has 5 nitrogen and oxygen atoms in total. The first-order valence-electron chi connectivity index (χ1n) is 12.5. The van der Waals surface area contributed by atoms with Gasteiger partial charge in [-0.05, 0) is 69.6 Å². The number of fused-ring (bicyclic) bond motifs is 3. The Bertz CT molecular complexity index is 962. The highest BCUT2D eigenvalue weighted by Gasteiger charge is 2.19. The van der Waals surface area contributed by atoms with Gasteiger partial charge in [-0.25, -0.2) is 0 Å². The van der Waals surface area contributed by atoms with E-state index in [2.05, 4.69) is 40.3 Å². The van der Waals surface area contributed by atoms with E-state index in [1.165, 1.54) is 58.2 Å². The van der Waals surface area contributed by atoms with Gasteiger partial charge >= 0.3 is 0 Å². The van der Waals surface area contributed by atoms with Crippen molar-refractivity contribution in [2.24, 2.45) is 5.92 Å². The van der Waals surface area contributed by atoms with Gasteiger partial charge in [0.1, 0.15) is 18.5 Å². The molecule has 0 saturated carbocycles. The molecule has 2 aromatic carbocycles. The number of likely N-dealkylation sites (tertiary alicyclic amines) is 1. The van der Waals surface area contributed by atoms with Crippen LogP contribution in [0.1, 0.15) is 45.4 Å². The highest BCUT2D eigenvalue weighted by Crippen LogP contribution is 2.33. The van der Waals surface area contributed by atoms with E-state index in [0.717, 1.165) is 40.0 Å². The minimum Gasteiger partial charge on any atom is -0.490 e. The average molecular weight is 438 g/mol. The van der Waals surface area contributed by atoms with Gasteiger partial charge in [-0.3, -0.25) is 0 Å². The Morgan fingerprint density at radius 3 is 2.72 bits per heavy atom. The third-order valence-corrected chi connectivity index (χ3v) is 6.77. The van der Waals surface area contributed by atoms with E-state index in [1.54, 1.807) is 0 Å². The summed E-state index contributed by atoms with van der Waals surface area (Å²) in [7, 11) is 0. The standard InChI is InChI=1S/C27H39N3O2/c1-2-3-4-7-15-30-16-13-21(14-17-30)18-28-19-22(31)20-32-26-12-8-11-25-27(26)23-9-5-6-10-24(23)29-25/h5-6,8-12,21-22,28-29,31H,2-4,7,13-20H2,1H3/t22-/m0/s1. The molecule has 0 unspecified atom stereocenters. The maximum atomic E-state index is 10.5. The highest BCUT2D eigenvalue weighted by atomic mass is 16.5. The van der Waals surface area contributed by atoms with Crippen molar-refractivity contribution in [3.05, 3.63) is 42.5 Å². The van der Waals surface area contributed by atoms with Crippen LogP contribution in [0.5, 0.6) is 5.75 Å². The predicted octanol–water partition coefficient (Wildman–Crippen LogP) is 4.94. The molecule has 1 atom stereocenters. The molecule has 174 valence electrons. The Labute approximate surface area is 192 Å². The maximum absolute atomic E-state index is 10.5. The molecule has 0 bridgehead atoms. The second-order valence-corrected chi connectivity index (χ2v) is 9.32. The van der Waals surface area contributed by atoms with Crippen LogP contribution in [-0.4, -0.2) is 60.4 Å². The number of aliphatic hydroxyl groups is 1. The van der Waals surface area contributed by atoms with Gasteiger partial charge in [0.15, 0.2) is 0 Å². The molecular formula is C27H39N3O2. The molecule has 3 N–H and O–H groups in total. The van der Waals surface area contributed by atoms with Crippen molar-refractivity contribution < 1.29 is 9.84 Å². The predicted molar refractivity (Wildman–Crippen MR) is 133 cm³/mol. The van der Waals surface area contributed by atoms with E-state index in [4.69, 9.17) is 4.74 Å². The number of para-hydroxylation sites is 1. The van der Waals surface area contributed by atoms with Crippen LogP contribution in [0.15, 0.2) is 42.5 Å². The molecule has 2 heterocycles. The van der Waals surface area contributed by atoms with E-state index >= 15 is 0 Å². The molecule has 1 aromatic heterocycles. The molecule has 0 aliphatic carbocycles. The molecule has 1 aliphatic heterocycles. The van der Waals surface area contributed by atoms with E-state index in [9.17, 15) is 5.11 Å². The lowest BCUT2D eigenvalue weighted by molar-refractivity contribution is 0.104. The molecule has 0 amide bonds. The van der Waals surface area contributed by atoms with Crippen LogP contribution < -0.4 is 10.1 Å². The van der Waals surface area contributed by atoms with Crippen LogP contribution in [0.3, 0.4) is 0 Å². The molecule has 1 saturated heterocycles. The van der Waals surface area contributed by atoms with Crippen molar-refractivity contribution >= 4 is 21.8 Å². The van der Waals surface area contributed by atoms with Crippen LogP contribution >= 0.6 is 0 Å². The molecule has 4 rings (SSSR count). The van der Waals surface area contributed by atoms with Crippen molar-refractivity contribution in [2.75, 3.05) is 39.3 Å². The number of nitrogens with one attached hydrogen (secondary N) is 2. The number of H-pyrrole nitrogens is 1. The first kappa shape index (κ1) is 23.1. The summed E-state index contributed by atoms with van der Waals surface area (Å²) >= 11 is 0. The number of aromatic nitrogens is 1. The number of benzene rings is 2. The SMILES string of the molecule is CCCCCCN1CCC(CNC[C@H](O)COc2cccc3[nH]c4ccccc4c23)CC1. The topological polar surface area (TPSA) is 60.5 Å². The number of piperidine rings is 1. The quantitative estimate of drug-likeness (QED) is 0.351. The molecule has 1 aliphatic rings. The van der Waals surface area contributed by atoms with Gasteiger partial charge in [0.2, 0.25) is 0 Å². The molecule has 32 heavy (non-hydrogen) atoms. The smallest absolute Gasteiger partial charge is 0.129 e. The number of rotatable bonds is 12. The zero-order valence-electron chi connectivity index (χ0n) is 19.5. The summed E-state index contributed by atoms with van der Waals surface area (Å²) < 4.78 is 6.04. The zero-order chi connectivity index (χ0) is 22.2. The zero-order valence-corrected chi connectivity index (χ0v) is 19.5. The Kier molecular flexibility index (Phi) is 8.43. The van der Waals surface area contributed by atoms with Gasteiger partial charge in [0, 0.05) is 22.8 Å². The van der Waals surface area contributed by atoms with Gasteiger partial charge in [0.25, 0.3) is 0 Å². The molecule has 0 radical (unpaired) electrons. The second kappa shape index (κ2) is 11.7. The first-order chi connectivity index (χ1) is 15.7. The number of aromatic amines is 1. The summed E-state index contributed by atoms with van der Waals surface area (Å²) in [5, 5.41) is 16.2. The monoisotopic (exact) mass is 437 g/mol. The normalized spacial score (nSPS) is 16.7. The lowest BCUT2D eigenvalue weighted by atomic mass is 9.96. The summed E-state index contributed by atoms with van der Waals surface area (Å²) in [5.74, 6) is 1.54. The van der Waals surface area contributed by atoms with Crippen molar-refractivity contribution in [1.29, 1.82) is 0 Å². The van der Waals surface area contributed by atoms with Gasteiger partial charge in [-0.2, -0.15) is 0 Å². The van der Waals surface area contributed by atoms with Gasteiger partial charge in [-0.15, -0.1) is 0 Å². The van der Waals surface area contributed by atoms with Gasteiger partial charge in [-0.1, -0.05) is 50.5 Å². The molecular weight excluding hydrogens is 398 g/mol. The third-order valence-electron chi connectivity index (χ3n) is 6.77. The number of nitrogens with zero attached hydrogens (tertiary/aromatic N) is 1. The van der Waals surface area contributed by atoms with E-state index in [1.807, 2.05) is 24.3 Å². The minimum absolute atomic E-state index is 0.293. The van der Waals surface area contributed by atoms with Gasteiger partial charge < -0.3 is 25.0 Å². The fourth-order valence-electron chi connectivity index (χ4n) is 4.86. The van der Waals surface area contributed by atoms with E-state index in [0.29, 0.717) is 13.2 Å². The fourth-order valence-corrected chi connectivity index (χ4v) is 4.86. The number of hydrogen-bond acceptors (Lipinski definition) is 4. The Balaban J connectivity index is 1.17. The Hall–Kier alpha value is -2.08. The van der Waals surface area contributed by atoms with Crippen LogP contribution in [0.2, 0.25) is 0 Å². The minimum atomic E-state index is -0.519. The average Bonchev–Trinajstić information content (AvgIpc) is 3.21. The fraction of sp³-hybridized carbons (Fsp3) is 0.556. The second-order valence-electron chi connectivity index (χ2n) is 9.32. The van der Waals surface area contributed by atoms with Gasteiger partial charge in [0.05, 0.1) is 5.52 Å².